The molecule has 16 heavy (non-hydrogen) atoms. The van der Waals surface area contributed by atoms with Crippen molar-refractivity contribution in [3.8, 4) is 0 Å². The van der Waals surface area contributed by atoms with Crippen LogP contribution in [-0.4, -0.2) is 23.3 Å². The van der Waals surface area contributed by atoms with Crippen LogP contribution >= 0.6 is 12.2 Å². The number of H-pyrrole nitrogens is 1. The number of hydrogen-bond donors (Lipinski definition) is 1. The highest BCUT2D eigenvalue weighted by Gasteiger charge is 2.28. The van der Waals surface area contributed by atoms with E-state index in [1.807, 2.05) is 6.20 Å². The molecule has 0 amide bonds. The second kappa shape index (κ2) is 4.34. The summed E-state index contributed by atoms with van der Waals surface area (Å²) in [4.78, 5) is 3.13. The maximum Gasteiger partial charge on any atom is 0.177 e. The summed E-state index contributed by atoms with van der Waals surface area (Å²) >= 11 is 5.36. The van der Waals surface area contributed by atoms with Gasteiger partial charge in [0, 0.05) is 24.4 Å². The Bertz CT molecular complexity index is 409. The van der Waals surface area contributed by atoms with Crippen molar-refractivity contribution in [1.29, 1.82) is 0 Å². The number of ether oxygens (including phenoxy) is 1. The molecule has 1 heterocycles. The molecule has 0 spiro atoms. The minimum absolute atomic E-state index is 0.0680. The highest BCUT2D eigenvalue weighted by atomic mass is 32.1. The molecule has 92 valence electrons. The van der Waals surface area contributed by atoms with Crippen molar-refractivity contribution in [2.24, 2.45) is 0 Å². The van der Waals surface area contributed by atoms with Gasteiger partial charge in [-0.15, -0.1) is 0 Å². The second-order valence-electron chi connectivity index (χ2n) is 5.81. The highest BCUT2D eigenvalue weighted by molar-refractivity contribution is 7.71. The third kappa shape index (κ3) is 2.55. The van der Waals surface area contributed by atoms with Gasteiger partial charge < -0.3 is 14.3 Å². The van der Waals surface area contributed by atoms with Crippen molar-refractivity contribution in [3.63, 3.8) is 0 Å². The van der Waals surface area contributed by atoms with Gasteiger partial charge in [-0.25, -0.2) is 0 Å². The Morgan fingerprint density at radius 2 is 1.88 bits per heavy atom. The summed E-state index contributed by atoms with van der Waals surface area (Å²) in [5, 5.41) is 0. The molecule has 0 fully saturated rings. The van der Waals surface area contributed by atoms with E-state index >= 15 is 0 Å². The average Bonchev–Trinajstić information content (AvgIpc) is 2.46. The third-order valence-corrected chi connectivity index (χ3v) is 2.95. The van der Waals surface area contributed by atoms with Gasteiger partial charge in [0.05, 0.1) is 12.1 Å². The lowest BCUT2D eigenvalue weighted by Crippen LogP contribution is -2.35. The molecule has 1 rings (SSSR count). The fraction of sp³-hybridized carbons (Fsp3) is 0.750. The van der Waals surface area contributed by atoms with Gasteiger partial charge in [-0.2, -0.15) is 0 Å². The average molecular weight is 242 g/mol. The number of nitrogens with zero attached hydrogens (tertiary/aromatic N) is 1. The predicted octanol–water partition coefficient (Wildman–Crippen LogP) is 3.22. The molecule has 3 nitrogen and oxygen atoms in total. The topological polar surface area (TPSA) is 29.9 Å². The zero-order valence-electron chi connectivity index (χ0n) is 11.0. The normalized spacial score (nSPS) is 13.1. The summed E-state index contributed by atoms with van der Waals surface area (Å²) in [6, 6.07) is 0. The van der Waals surface area contributed by atoms with Gasteiger partial charge in [0.2, 0.25) is 0 Å². The monoisotopic (exact) mass is 242 g/mol. The number of rotatable bonds is 3. The Balaban J connectivity index is 3.33. The van der Waals surface area contributed by atoms with Gasteiger partial charge in [-0.3, -0.25) is 0 Å². The summed E-state index contributed by atoms with van der Waals surface area (Å²) in [5.41, 5.74) is 1.15. The third-order valence-electron chi connectivity index (χ3n) is 2.65. The number of hydrogen-bond acceptors (Lipinski definition) is 2. The molecular formula is C12H22N2OS. The number of methoxy groups -OCH3 is 1. The summed E-state index contributed by atoms with van der Waals surface area (Å²) in [7, 11) is 1.72. The molecule has 0 saturated heterocycles. The smallest absolute Gasteiger partial charge is 0.177 e. The van der Waals surface area contributed by atoms with Crippen LogP contribution in [0.15, 0.2) is 6.20 Å². The number of imidazole rings is 1. The van der Waals surface area contributed by atoms with E-state index in [0.717, 1.165) is 4.77 Å². The van der Waals surface area contributed by atoms with Crippen LogP contribution in [0.25, 0.3) is 0 Å². The maximum atomic E-state index is 5.36. The molecule has 1 N–H and O–H groups in total. The molecule has 0 unspecified atom stereocenters. The van der Waals surface area contributed by atoms with Gasteiger partial charge in [0.15, 0.2) is 4.77 Å². The first kappa shape index (κ1) is 13.5. The molecule has 0 aromatic carbocycles. The van der Waals surface area contributed by atoms with Crippen LogP contribution in [0.2, 0.25) is 0 Å². The Morgan fingerprint density at radius 1 is 1.31 bits per heavy atom. The molecule has 1 aromatic heterocycles. The first-order chi connectivity index (χ1) is 7.20. The lowest BCUT2D eigenvalue weighted by Gasteiger charge is -2.32. The molecule has 0 atom stereocenters. The lowest BCUT2D eigenvalue weighted by atomic mass is 9.91. The van der Waals surface area contributed by atoms with Crippen LogP contribution in [0, 0.1) is 4.77 Å². The lowest BCUT2D eigenvalue weighted by molar-refractivity contribution is 0.105. The largest absolute Gasteiger partial charge is 0.382 e. The Morgan fingerprint density at radius 3 is 2.31 bits per heavy atom. The molecule has 0 aliphatic carbocycles. The molecular weight excluding hydrogens is 220 g/mol. The number of nitrogens with one attached hydrogen (secondary N) is 1. The van der Waals surface area contributed by atoms with Gasteiger partial charge in [-0.05, 0) is 26.1 Å². The molecule has 0 aliphatic heterocycles. The number of aromatic nitrogens is 2. The van der Waals surface area contributed by atoms with Crippen LogP contribution in [0.1, 0.15) is 40.3 Å². The maximum absolute atomic E-state index is 5.36. The van der Waals surface area contributed by atoms with Crippen LogP contribution in [0.3, 0.4) is 0 Å². The standard InChI is InChI=1S/C12H22N2OS/c1-11(2,3)9-7-13-10(16)14(9)12(4,5)8-15-6/h7H,8H2,1-6H3,(H,13,16). The van der Waals surface area contributed by atoms with Gasteiger partial charge in [-0.1, -0.05) is 20.8 Å². The molecule has 0 saturated carbocycles. The van der Waals surface area contributed by atoms with Gasteiger partial charge in [0.25, 0.3) is 0 Å². The minimum atomic E-state index is -0.131. The van der Waals surface area contributed by atoms with E-state index in [9.17, 15) is 0 Å². The van der Waals surface area contributed by atoms with Crippen LogP contribution < -0.4 is 0 Å². The van der Waals surface area contributed by atoms with Crippen molar-refractivity contribution in [3.05, 3.63) is 16.7 Å². The predicted molar refractivity (Wildman–Crippen MR) is 69.5 cm³/mol. The highest BCUT2D eigenvalue weighted by Crippen LogP contribution is 2.28. The van der Waals surface area contributed by atoms with E-state index in [1.165, 1.54) is 5.69 Å². The summed E-state index contributed by atoms with van der Waals surface area (Å²) in [6.07, 6.45) is 2.00. The summed E-state index contributed by atoms with van der Waals surface area (Å²) in [5.74, 6) is 0. The molecule has 1 aromatic rings. The molecule has 0 aliphatic rings. The Kier molecular flexibility index (Phi) is 3.65. The minimum Gasteiger partial charge on any atom is -0.382 e. The molecule has 0 bridgehead atoms. The first-order valence-corrected chi connectivity index (χ1v) is 5.91. The van der Waals surface area contributed by atoms with E-state index in [1.54, 1.807) is 7.11 Å². The zero-order valence-corrected chi connectivity index (χ0v) is 11.9. The first-order valence-electron chi connectivity index (χ1n) is 5.50. The fourth-order valence-corrected chi connectivity index (χ4v) is 2.34. The summed E-state index contributed by atoms with van der Waals surface area (Å²) in [6.45, 7) is 11.5. The van der Waals surface area contributed by atoms with Crippen LogP contribution in [-0.2, 0) is 15.7 Å². The van der Waals surface area contributed by atoms with Crippen molar-refractivity contribution < 1.29 is 4.74 Å². The SMILES string of the molecule is COCC(C)(C)n1c(C(C)(C)C)c[nH]c1=S. The molecule has 0 radical (unpaired) electrons. The van der Waals surface area contributed by atoms with E-state index in [-0.39, 0.29) is 11.0 Å². The van der Waals surface area contributed by atoms with Crippen molar-refractivity contribution >= 4 is 12.2 Å². The van der Waals surface area contributed by atoms with Crippen LogP contribution in [0.5, 0.6) is 0 Å². The Labute approximate surface area is 103 Å². The number of aromatic amines is 1. The second-order valence-corrected chi connectivity index (χ2v) is 6.20. The Hall–Kier alpha value is -0.610. The van der Waals surface area contributed by atoms with E-state index in [0.29, 0.717) is 6.61 Å². The van der Waals surface area contributed by atoms with Crippen molar-refractivity contribution in [2.45, 2.75) is 45.6 Å². The zero-order chi connectivity index (χ0) is 12.6. The van der Waals surface area contributed by atoms with Crippen molar-refractivity contribution in [1.82, 2.24) is 9.55 Å². The van der Waals surface area contributed by atoms with Crippen molar-refractivity contribution in [2.75, 3.05) is 13.7 Å². The van der Waals surface area contributed by atoms with E-state index < -0.39 is 0 Å². The fourth-order valence-electron chi connectivity index (χ4n) is 1.94. The van der Waals surface area contributed by atoms with Gasteiger partial charge >= 0.3 is 0 Å². The molecule has 4 heteroatoms. The quantitative estimate of drug-likeness (QED) is 0.825. The van der Waals surface area contributed by atoms with E-state index in [2.05, 4.69) is 44.2 Å². The summed E-state index contributed by atoms with van der Waals surface area (Å²) < 4.78 is 8.19. The van der Waals surface area contributed by atoms with E-state index in [4.69, 9.17) is 17.0 Å². The van der Waals surface area contributed by atoms with Crippen LogP contribution in [0.4, 0.5) is 0 Å². The van der Waals surface area contributed by atoms with Gasteiger partial charge in [0.1, 0.15) is 0 Å².